The molecule has 0 saturated heterocycles. The summed E-state index contributed by atoms with van der Waals surface area (Å²) in [6.07, 6.45) is 4.00. The molecule has 3 rings (SSSR count). The maximum Gasteiger partial charge on any atom is 0.174 e. The zero-order chi connectivity index (χ0) is 16.7. The molecule has 1 aromatic heterocycles. The minimum absolute atomic E-state index is 0.00510. The number of hydrogen-bond acceptors (Lipinski definition) is 2. The summed E-state index contributed by atoms with van der Waals surface area (Å²) in [5.74, 6) is -0.682. The van der Waals surface area contributed by atoms with Crippen LogP contribution in [0.2, 0.25) is 0 Å². The average Bonchev–Trinajstić information content (AvgIpc) is 2.97. The number of hydrogen-bond donors (Lipinski definition) is 0. The summed E-state index contributed by atoms with van der Waals surface area (Å²) in [5.41, 5.74) is 5.64. The van der Waals surface area contributed by atoms with Crippen molar-refractivity contribution in [2.75, 3.05) is 0 Å². The molecule has 1 saturated carbocycles. The first-order chi connectivity index (χ1) is 10.9. The van der Waals surface area contributed by atoms with E-state index in [4.69, 9.17) is 0 Å². The Morgan fingerprint density at radius 1 is 1.13 bits per heavy atom. The lowest BCUT2D eigenvalue weighted by atomic mass is 9.87. The molecule has 0 amide bonds. The van der Waals surface area contributed by atoms with Crippen molar-refractivity contribution in [2.24, 2.45) is 7.05 Å². The van der Waals surface area contributed by atoms with Crippen molar-refractivity contribution < 1.29 is 9.59 Å². The number of carbonyl (C=O) groups excluding carboxylic acids is 2. The second-order valence-corrected chi connectivity index (χ2v) is 6.47. The van der Waals surface area contributed by atoms with E-state index in [0.29, 0.717) is 5.57 Å². The number of rotatable bonds is 2. The van der Waals surface area contributed by atoms with Gasteiger partial charge in [-0.1, -0.05) is 17.7 Å². The van der Waals surface area contributed by atoms with Crippen molar-refractivity contribution in [3.63, 3.8) is 0 Å². The van der Waals surface area contributed by atoms with E-state index in [1.807, 2.05) is 68.9 Å². The number of aromatic nitrogens is 1. The molecule has 0 spiro atoms. The number of nitrogens with zero attached hydrogens (tertiary/aromatic N) is 1. The lowest BCUT2D eigenvalue weighted by Gasteiger charge is -2.15. The number of aryl methyl sites for hydroxylation is 4. The highest BCUT2D eigenvalue weighted by Gasteiger charge is 2.39. The molecular weight excluding hydrogens is 286 g/mol. The summed E-state index contributed by atoms with van der Waals surface area (Å²) in [6, 6.07) is 7.96. The monoisotopic (exact) mass is 307 g/mol. The highest BCUT2D eigenvalue weighted by atomic mass is 16.2. The number of benzene rings is 1. The van der Waals surface area contributed by atoms with E-state index in [-0.39, 0.29) is 18.0 Å². The molecule has 1 heterocycles. The van der Waals surface area contributed by atoms with Crippen LogP contribution < -0.4 is 0 Å². The molecule has 1 aliphatic rings. The molecule has 1 unspecified atom stereocenters. The van der Waals surface area contributed by atoms with Crippen molar-refractivity contribution in [1.29, 1.82) is 0 Å². The fourth-order valence-electron chi connectivity index (χ4n) is 3.57. The van der Waals surface area contributed by atoms with Crippen molar-refractivity contribution in [2.45, 2.75) is 33.1 Å². The topological polar surface area (TPSA) is 39.1 Å². The highest BCUT2D eigenvalue weighted by Crippen LogP contribution is 2.36. The predicted molar refractivity (Wildman–Crippen MR) is 91.4 cm³/mol. The molecule has 23 heavy (non-hydrogen) atoms. The Hall–Kier alpha value is -2.42. The van der Waals surface area contributed by atoms with Crippen LogP contribution in [0.15, 0.2) is 36.0 Å². The van der Waals surface area contributed by atoms with E-state index < -0.39 is 5.92 Å². The van der Waals surface area contributed by atoms with Gasteiger partial charge in [-0.15, -0.1) is 0 Å². The standard InChI is InChI=1S/C20H21NO2/c1-12-8-13(2)18(14(3)9-12)19-17(22)11-15(20(19)23)10-16-6-5-7-21(16)4/h5-10,19H,11H2,1-4H3. The molecule has 0 bridgehead atoms. The molecule has 3 nitrogen and oxygen atoms in total. The van der Waals surface area contributed by atoms with Crippen LogP contribution >= 0.6 is 0 Å². The summed E-state index contributed by atoms with van der Waals surface area (Å²) in [7, 11) is 1.93. The minimum atomic E-state index is -0.637. The first-order valence-electron chi connectivity index (χ1n) is 7.85. The van der Waals surface area contributed by atoms with E-state index in [1.54, 1.807) is 0 Å². The highest BCUT2D eigenvalue weighted by molar-refractivity contribution is 6.24. The number of allylic oxidation sites excluding steroid dienone is 1. The van der Waals surface area contributed by atoms with Gasteiger partial charge in [0.1, 0.15) is 5.92 Å². The van der Waals surface area contributed by atoms with Crippen LogP contribution in [0.4, 0.5) is 0 Å². The zero-order valence-electron chi connectivity index (χ0n) is 14.0. The number of ketones is 2. The average molecular weight is 307 g/mol. The van der Waals surface area contributed by atoms with Gasteiger partial charge in [0.25, 0.3) is 0 Å². The maximum absolute atomic E-state index is 12.8. The smallest absolute Gasteiger partial charge is 0.174 e. The molecule has 2 aromatic rings. The van der Waals surface area contributed by atoms with Gasteiger partial charge in [-0.05, 0) is 55.7 Å². The van der Waals surface area contributed by atoms with Crippen LogP contribution in [0.3, 0.4) is 0 Å². The van der Waals surface area contributed by atoms with Crippen LogP contribution in [0.25, 0.3) is 6.08 Å². The van der Waals surface area contributed by atoms with Crippen LogP contribution in [0.1, 0.15) is 40.3 Å². The number of carbonyl (C=O) groups is 2. The van der Waals surface area contributed by atoms with Gasteiger partial charge in [0.05, 0.1) is 0 Å². The Kier molecular flexibility index (Phi) is 3.80. The fourth-order valence-corrected chi connectivity index (χ4v) is 3.57. The van der Waals surface area contributed by atoms with Gasteiger partial charge in [0.15, 0.2) is 11.6 Å². The van der Waals surface area contributed by atoms with E-state index in [9.17, 15) is 9.59 Å². The lowest BCUT2D eigenvalue weighted by molar-refractivity contribution is -0.123. The summed E-state index contributed by atoms with van der Waals surface area (Å²) in [5, 5.41) is 0. The molecule has 3 heteroatoms. The lowest BCUT2D eigenvalue weighted by Crippen LogP contribution is -2.15. The van der Waals surface area contributed by atoms with Gasteiger partial charge in [0, 0.05) is 30.9 Å². The molecule has 1 atom stereocenters. The van der Waals surface area contributed by atoms with Gasteiger partial charge in [-0.2, -0.15) is 0 Å². The molecule has 1 fully saturated rings. The third kappa shape index (κ3) is 2.67. The first-order valence-corrected chi connectivity index (χ1v) is 7.85. The summed E-state index contributed by atoms with van der Waals surface area (Å²) < 4.78 is 1.94. The molecule has 1 aromatic carbocycles. The molecule has 0 radical (unpaired) electrons. The van der Waals surface area contributed by atoms with Crippen LogP contribution in [-0.2, 0) is 16.6 Å². The Morgan fingerprint density at radius 3 is 2.35 bits per heavy atom. The summed E-state index contributed by atoms with van der Waals surface area (Å²) >= 11 is 0. The largest absolute Gasteiger partial charge is 0.351 e. The van der Waals surface area contributed by atoms with Crippen molar-refractivity contribution in [3.05, 3.63) is 64.0 Å². The van der Waals surface area contributed by atoms with E-state index in [1.165, 1.54) is 0 Å². The van der Waals surface area contributed by atoms with Crippen LogP contribution in [0.5, 0.6) is 0 Å². The molecule has 1 aliphatic carbocycles. The predicted octanol–water partition coefficient (Wildman–Crippen LogP) is 3.66. The second-order valence-electron chi connectivity index (χ2n) is 6.47. The van der Waals surface area contributed by atoms with Crippen LogP contribution in [-0.4, -0.2) is 16.1 Å². The van der Waals surface area contributed by atoms with Crippen molar-refractivity contribution >= 4 is 17.6 Å². The van der Waals surface area contributed by atoms with Crippen molar-refractivity contribution in [3.8, 4) is 0 Å². The fraction of sp³-hybridized carbons (Fsp3) is 0.300. The Balaban J connectivity index is 2.03. The first kappa shape index (κ1) is 15.5. The molecule has 118 valence electrons. The maximum atomic E-state index is 12.8. The normalized spacial score (nSPS) is 19.8. The third-order valence-electron chi connectivity index (χ3n) is 4.60. The third-order valence-corrected chi connectivity index (χ3v) is 4.60. The van der Waals surface area contributed by atoms with Gasteiger partial charge in [-0.25, -0.2) is 0 Å². The molecule has 0 N–H and O–H groups in total. The summed E-state index contributed by atoms with van der Waals surface area (Å²) in [6.45, 7) is 5.99. The molecular formula is C20H21NO2. The quantitative estimate of drug-likeness (QED) is 0.627. The molecule has 0 aliphatic heterocycles. The Morgan fingerprint density at radius 2 is 1.78 bits per heavy atom. The van der Waals surface area contributed by atoms with E-state index >= 15 is 0 Å². The van der Waals surface area contributed by atoms with E-state index in [0.717, 1.165) is 27.9 Å². The van der Waals surface area contributed by atoms with Gasteiger partial charge >= 0.3 is 0 Å². The SMILES string of the molecule is Cc1cc(C)c(C2C(=O)CC(=Cc3cccn3C)C2=O)c(C)c1. The summed E-state index contributed by atoms with van der Waals surface area (Å²) in [4.78, 5) is 25.4. The Bertz CT molecular complexity index is 816. The van der Waals surface area contributed by atoms with E-state index in [2.05, 4.69) is 0 Å². The Labute approximate surface area is 136 Å². The van der Waals surface area contributed by atoms with Crippen LogP contribution in [0, 0.1) is 20.8 Å². The van der Waals surface area contributed by atoms with Gasteiger partial charge in [0.2, 0.25) is 0 Å². The zero-order valence-corrected chi connectivity index (χ0v) is 14.0. The number of Topliss-reactive ketones (excluding diaryl/α,β-unsaturated/α-hetero) is 2. The van der Waals surface area contributed by atoms with Gasteiger partial charge in [-0.3, -0.25) is 9.59 Å². The minimum Gasteiger partial charge on any atom is -0.351 e. The van der Waals surface area contributed by atoms with Gasteiger partial charge < -0.3 is 4.57 Å². The van der Waals surface area contributed by atoms with Crippen molar-refractivity contribution in [1.82, 2.24) is 4.57 Å². The second kappa shape index (κ2) is 5.65.